The van der Waals surface area contributed by atoms with E-state index in [0.717, 1.165) is 36.8 Å². The second-order valence-corrected chi connectivity index (χ2v) is 5.92. The van der Waals surface area contributed by atoms with Crippen molar-refractivity contribution >= 4 is 5.69 Å². The highest BCUT2D eigenvalue weighted by atomic mass is 15.2. The Morgan fingerprint density at radius 2 is 2.20 bits per heavy atom. The molecule has 3 nitrogen and oxygen atoms in total. The van der Waals surface area contributed by atoms with E-state index in [2.05, 4.69) is 49.2 Å². The van der Waals surface area contributed by atoms with Gasteiger partial charge >= 0.3 is 0 Å². The topological polar surface area (TPSA) is 39.1 Å². The molecule has 20 heavy (non-hydrogen) atoms. The zero-order chi connectivity index (χ0) is 14.5. The molecule has 0 aromatic heterocycles. The summed E-state index contributed by atoms with van der Waals surface area (Å²) in [5, 5.41) is 12.7. The normalized spacial score (nSPS) is 22.6. The molecular weight excluding hydrogens is 246 g/mol. The highest BCUT2D eigenvalue weighted by molar-refractivity contribution is 5.61. The van der Waals surface area contributed by atoms with Gasteiger partial charge in [-0.2, -0.15) is 5.26 Å². The van der Waals surface area contributed by atoms with Crippen molar-refractivity contribution < 1.29 is 0 Å². The van der Waals surface area contributed by atoms with E-state index in [9.17, 15) is 5.26 Å². The Balaban J connectivity index is 2.21. The molecule has 2 atom stereocenters. The van der Waals surface area contributed by atoms with Crippen molar-refractivity contribution in [3.63, 3.8) is 0 Å². The third-order valence-corrected chi connectivity index (χ3v) is 4.21. The Bertz CT molecular complexity index is 489. The maximum atomic E-state index is 9.44. The van der Waals surface area contributed by atoms with Gasteiger partial charge in [0, 0.05) is 19.1 Å². The second kappa shape index (κ2) is 6.76. The predicted octanol–water partition coefficient (Wildman–Crippen LogP) is 3.29. The third kappa shape index (κ3) is 3.32. The summed E-state index contributed by atoms with van der Waals surface area (Å²) in [6.45, 7) is 9.52. The lowest BCUT2D eigenvalue weighted by atomic mass is 9.92. The zero-order valence-electron chi connectivity index (χ0n) is 12.8. The number of hydrogen-bond acceptors (Lipinski definition) is 3. The number of rotatable bonds is 4. The van der Waals surface area contributed by atoms with Crippen LogP contribution in [0.5, 0.6) is 0 Å². The molecule has 2 unspecified atom stereocenters. The quantitative estimate of drug-likeness (QED) is 0.913. The van der Waals surface area contributed by atoms with Crippen LogP contribution in [0, 0.1) is 17.2 Å². The maximum absolute atomic E-state index is 9.44. The summed E-state index contributed by atoms with van der Waals surface area (Å²) in [5.74, 6) is 0.791. The first-order valence-corrected chi connectivity index (χ1v) is 7.66. The van der Waals surface area contributed by atoms with Gasteiger partial charge in [0.05, 0.1) is 11.3 Å². The smallest absolute Gasteiger partial charge is 0.101 e. The van der Waals surface area contributed by atoms with Gasteiger partial charge in [0.25, 0.3) is 0 Å². The van der Waals surface area contributed by atoms with Crippen LogP contribution >= 0.6 is 0 Å². The molecule has 1 N–H and O–H groups in total. The average molecular weight is 271 g/mol. The standard InChI is InChI=1S/C17H25N3/c1-4-19-12-15-5-6-17(16(10-15)11-18)20-8-7-13(2)9-14(20)3/h5-6,10,13-14,19H,4,7-9,12H2,1-3H3. The van der Waals surface area contributed by atoms with Gasteiger partial charge in [0.2, 0.25) is 0 Å². The van der Waals surface area contributed by atoms with Gasteiger partial charge in [0.15, 0.2) is 0 Å². The first kappa shape index (κ1) is 14.9. The first-order valence-electron chi connectivity index (χ1n) is 7.66. The minimum absolute atomic E-state index is 0.519. The van der Waals surface area contributed by atoms with Crippen LogP contribution in [0.25, 0.3) is 0 Å². The molecule has 1 fully saturated rings. The highest BCUT2D eigenvalue weighted by Crippen LogP contribution is 2.30. The van der Waals surface area contributed by atoms with E-state index in [-0.39, 0.29) is 0 Å². The van der Waals surface area contributed by atoms with E-state index in [0.29, 0.717) is 6.04 Å². The fourth-order valence-electron chi connectivity index (χ4n) is 3.07. The van der Waals surface area contributed by atoms with Gasteiger partial charge in [-0.1, -0.05) is 19.9 Å². The molecule has 1 saturated heterocycles. The SMILES string of the molecule is CCNCc1ccc(N2CCC(C)CC2C)c(C#N)c1. The van der Waals surface area contributed by atoms with Crippen molar-refractivity contribution in [3.05, 3.63) is 29.3 Å². The lowest BCUT2D eigenvalue weighted by Gasteiger charge is -2.38. The molecule has 0 radical (unpaired) electrons. The van der Waals surface area contributed by atoms with Crippen molar-refractivity contribution in [1.29, 1.82) is 5.26 Å². The number of nitrogens with one attached hydrogen (secondary N) is 1. The molecule has 0 aliphatic carbocycles. The van der Waals surface area contributed by atoms with Gasteiger partial charge in [-0.05, 0) is 49.9 Å². The van der Waals surface area contributed by atoms with Crippen molar-refractivity contribution in [2.75, 3.05) is 18.0 Å². The summed E-state index contributed by atoms with van der Waals surface area (Å²) < 4.78 is 0. The van der Waals surface area contributed by atoms with Gasteiger partial charge in [-0.15, -0.1) is 0 Å². The van der Waals surface area contributed by atoms with Crippen molar-refractivity contribution in [1.82, 2.24) is 5.32 Å². The Kier molecular flexibility index (Phi) is 5.03. The van der Waals surface area contributed by atoms with E-state index >= 15 is 0 Å². The minimum atomic E-state index is 0.519. The van der Waals surface area contributed by atoms with Crippen LogP contribution in [0.2, 0.25) is 0 Å². The predicted molar refractivity (Wildman–Crippen MR) is 83.7 cm³/mol. The van der Waals surface area contributed by atoms with Gasteiger partial charge < -0.3 is 10.2 Å². The Morgan fingerprint density at radius 1 is 1.40 bits per heavy atom. The third-order valence-electron chi connectivity index (χ3n) is 4.21. The number of anilines is 1. The number of benzene rings is 1. The summed E-state index contributed by atoms with van der Waals surface area (Å²) >= 11 is 0. The Morgan fingerprint density at radius 3 is 2.85 bits per heavy atom. The molecule has 1 aliphatic heterocycles. The van der Waals surface area contributed by atoms with Crippen LogP contribution in [0.3, 0.4) is 0 Å². The molecule has 1 aliphatic rings. The van der Waals surface area contributed by atoms with Crippen molar-refractivity contribution in [2.45, 2.75) is 46.2 Å². The lowest BCUT2D eigenvalue weighted by Crippen LogP contribution is -2.40. The number of nitrogens with zero attached hydrogens (tertiary/aromatic N) is 2. The monoisotopic (exact) mass is 271 g/mol. The molecule has 1 aromatic rings. The highest BCUT2D eigenvalue weighted by Gasteiger charge is 2.24. The van der Waals surface area contributed by atoms with Crippen LogP contribution in [-0.4, -0.2) is 19.1 Å². The molecule has 0 saturated carbocycles. The minimum Gasteiger partial charge on any atom is -0.368 e. The Labute approximate surface area is 122 Å². The van der Waals surface area contributed by atoms with E-state index in [1.54, 1.807) is 0 Å². The van der Waals surface area contributed by atoms with Crippen LogP contribution in [0.4, 0.5) is 5.69 Å². The molecular formula is C17H25N3. The maximum Gasteiger partial charge on any atom is 0.101 e. The number of nitriles is 1. The molecule has 0 spiro atoms. The molecule has 2 rings (SSSR count). The molecule has 1 aromatic carbocycles. The van der Waals surface area contributed by atoms with Gasteiger partial charge in [-0.3, -0.25) is 0 Å². The second-order valence-electron chi connectivity index (χ2n) is 5.92. The largest absolute Gasteiger partial charge is 0.368 e. The summed E-state index contributed by atoms with van der Waals surface area (Å²) in [5.41, 5.74) is 3.10. The molecule has 108 valence electrons. The van der Waals surface area contributed by atoms with Crippen LogP contribution < -0.4 is 10.2 Å². The molecule has 0 amide bonds. The summed E-state index contributed by atoms with van der Waals surface area (Å²) in [6.07, 6.45) is 2.43. The fourth-order valence-corrected chi connectivity index (χ4v) is 3.07. The van der Waals surface area contributed by atoms with Gasteiger partial charge in [-0.25, -0.2) is 0 Å². The van der Waals surface area contributed by atoms with E-state index in [1.807, 2.05) is 6.07 Å². The molecule has 1 heterocycles. The van der Waals surface area contributed by atoms with Crippen LogP contribution in [0.15, 0.2) is 18.2 Å². The van der Waals surface area contributed by atoms with E-state index in [1.165, 1.54) is 18.4 Å². The van der Waals surface area contributed by atoms with E-state index in [4.69, 9.17) is 0 Å². The average Bonchev–Trinajstić information content (AvgIpc) is 2.45. The van der Waals surface area contributed by atoms with Crippen LogP contribution in [0.1, 0.15) is 44.7 Å². The first-order chi connectivity index (χ1) is 9.65. The lowest BCUT2D eigenvalue weighted by molar-refractivity contribution is 0.378. The van der Waals surface area contributed by atoms with Crippen LogP contribution in [-0.2, 0) is 6.54 Å². The fraction of sp³-hybridized carbons (Fsp3) is 0.588. The summed E-state index contributed by atoms with van der Waals surface area (Å²) in [4.78, 5) is 2.40. The summed E-state index contributed by atoms with van der Waals surface area (Å²) in [6, 6.07) is 9.19. The Hall–Kier alpha value is -1.53. The molecule has 3 heteroatoms. The van der Waals surface area contributed by atoms with Gasteiger partial charge in [0.1, 0.15) is 6.07 Å². The van der Waals surface area contributed by atoms with E-state index < -0.39 is 0 Å². The zero-order valence-corrected chi connectivity index (χ0v) is 12.8. The summed E-state index contributed by atoms with van der Waals surface area (Å²) in [7, 11) is 0. The van der Waals surface area contributed by atoms with Crippen molar-refractivity contribution in [3.8, 4) is 6.07 Å². The number of piperidine rings is 1. The van der Waals surface area contributed by atoms with Crippen molar-refractivity contribution in [2.24, 2.45) is 5.92 Å². The number of hydrogen-bond donors (Lipinski definition) is 1. The molecule has 0 bridgehead atoms.